The Morgan fingerprint density at radius 1 is 1.09 bits per heavy atom. The molecule has 0 radical (unpaired) electrons. The van der Waals surface area contributed by atoms with E-state index in [0.29, 0.717) is 5.55 Å². The van der Waals surface area contributed by atoms with Crippen LogP contribution in [0.25, 0.3) is 11.0 Å². The van der Waals surface area contributed by atoms with E-state index in [0.717, 1.165) is 32.8 Å². The molecule has 0 saturated heterocycles. The predicted octanol–water partition coefficient (Wildman–Crippen LogP) is 4.72. The van der Waals surface area contributed by atoms with Crippen molar-refractivity contribution in [3.05, 3.63) is 65.2 Å². The minimum absolute atomic E-state index is 0.527. The standard InChI is InChI=1S/C19H17NO2S/c1-12-4-9-18-14(10-12)11-17(13(2)23)19(22-18)20-15-5-7-16(21-3)8-6-15/h4-11H,1-3H3/b20-19-. The van der Waals surface area contributed by atoms with Crippen molar-refractivity contribution in [3.63, 3.8) is 0 Å². The molecule has 0 spiro atoms. The highest BCUT2D eigenvalue weighted by Gasteiger charge is 2.06. The molecule has 3 rings (SSSR count). The van der Waals surface area contributed by atoms with Gasteiger partial charge in [0.25, 0.3) is 0 Å². The lowest BCUT2D eigenvalue weighted by molar-refractivity contribution is 0.415. The van der Waals surface area contributed by atoms with Crippen molar-refractivity contribution in [2.45, 2.75) is 13.8 Å². The molecule has 0 amide bonds. The van der Waals surface area contributed by atoms with Gasteiger partial charge >= 0.3 is 0 Å². The lowest BCUT2D eigenvalue weighted by Gasteiger charge is -2.04. The quantitative estimate of drug-likeness (QED) is 0.517. The van der Waals surface area contributed by atoms with Crippen LogP contribution in [-0.2, 0) is 0 Å². The summed E-state index contributed by atoms with van der Waals surface area (Å²) in [6.45, 7) is 3.94. The fourth-order valence-corrected chi connectivity index (χ4v) is 2.51. The molecule has 0 unspecified atom stereocenters. The molecule has 23 heavy (non-hydrogen) atoms. The van der Waals surface area contributed by atoms with E-state index in [1.807, 2.05) is 49.4 Å². The van der Waals surface area contributed by atoms with Crippen LogP contribution in [0, 0.1) is 6.92 Å². The van der Waals surface area contributed by atoms with Gasteiger partial charge in [0, 0.05) is 10.3 Å². The van der Waals surface area contributed by atoms with Gasteiger partial charge in [-0.05, 0) is 56.3 Å². The largest absolute Gasteiger partial charge is 0.497 e. The lowest BCUT2D eigenvalue weighted by atomic mass is 10.1. The fraction of sp³-hybridized carbons (Fsp3) is 0.158. The van der Waals surface area contributed by atoms with E-state index in [2.05, 4.69) is 18.0 Å². The summed E-state index contributed by atoms with van der Waals surface area (Å²) in [6.07, 6.45) is 0. The third-order valence-corrected chi connectivity index (χ3v) is 3.80. The van der Waals surface area contributed by atoms with Gasteiger partial charge in [0.05, 0.1) is 18.4 Å². The van der Waals surface area contributed by atoms with Gasteiger partial charge in [-0.3, -0.25) is 0 Å². The Morgan fingerprint density at radius 2 is 1.83 bits per heavy atom. The van der Waals surface area contributed by atoms with Crippen molar-refractivity contribution in [2.24, 2.45) is 4.99 Å². The molecular weight excluding hydrogens is 306 g/mol. The van der Waals surface area contributed by atoms with Gasteiger partial charge in [0.15, 0.2) is 0 Å². The summed E-state index contributed by atoms with van der Waals surface area (Å²) in [4.78, 5) is 5.35. The molecule has 0 aliphatic heterocycles. The van der Waals surface area contributed by atoms with E-state index in [9.17, 15) is 0 Å². The molecule has 0 bridgehead atoms. The van der Waals surface area contributed by atoms with Gasteiger partial charge < -0.3 is 9.15 Å². The maximum atomic E-state index is 5.98. The van der Waals surface area contributed by atoms with E-state index in [-0.39, 0.29) is 0 Å². The SMILES string of the molecule is COc1ccc(/N=c2\oc3ccc(C)cc3cc2C(C)=S)cc1. The monoisotopic (exact) mass is 323 g/mol. The number of hydrogen-bond donors (Lipinski definition) is 0. The van der Waals surface area contributed by atoms with Crippen molar-refractivity contribution in [1.29, 1.82) is 0 Å². The normalized spacial score (nSPS) is 11.7. The molecule has 3 nitrogen and oxygen atoms in total. The van der Waals surface area contributed by atoms with E-state index >= 15 is 0 Å². The second-order valence-electron chi connectivity index (χ2n) is 5.37. The van der Waals surface area contributed by atoms with Crippen LogP contribution in [0.3, 0.4) is 0 Å². The van der Waals surface area contributed by atoms with Crippen LogP contribution in [-0.4, -0.2) is 12.0 Å². The number of nitrogens with zero attached hydrogens (tertiary/aromatic N) is 1. The number of ether oxygens (including phenoxy) is 1. The zero-order valence-electron chi connectivity index (χ0n) is 13.3. The molecular formula is C19H17NO2S. The number of thiocarbonyl (C=S) groups is 1. The summed E-state index contributed by atoms with van der Waals surface area (Å²) in [5.41, 5.74) is 4.13. The molecule has 0 saturated carbocycles. The van der Waals surface area contributed by atoms with Crippen LogP contribution in [0.15, 0.2) is 57.9 Å². The second-order valence-corrected chi connectivity index (χ2v) is 5.98. The van der Waals surface area contributed by atoms with Crippen LogP contribution in [0.2, 0.25) is 0 Å². The smallest absolute Gasteiger partial charge is 0.228 e. The molecule has 0 N–H and O–H groups in total. The Bertz CT molecular complexity index is 940. The average molecular weight is 323 g/mol. The summed E-state index contributed by atoms with van der Waals surface area (Å²) >= 11 is 5.36. The molecule has 0 aliphatic rings. The predicted molar refractivity (Wildman–Crippen MR) is 96.5 cm³/mol. The molecule has 116 valence electrons. The Morgan fingerprint density at radius 3 is 2.48 bits per heavy atom. The molecule has 0 aliphatic carbocycles. The summed E-state index contributed by atoms with van der Waals surface area (Å²) in [7, 11) is 1.64. The van der Waals surface area contributed by atoms with Gasteiger partial charge in [0.1, 0.15) is 11.3 Å². The third kappa shape index (κ3) is 3.32. The molecule has 1 aromatic heterocycles. The molecule has 0 atom stereocenters. The van der Waals surface area contributed by atoms with Crippen molar-refractivity contribution < 1.29 is 9.15 Å². The van der Waals surface area contributed by atoms with Crippen LogP contribution in [0.1, 0.15) is 18.1 Å². The fourth-order valence-electron chi connectivity index (χ4n) is 2.36. The van der Waals surface area contributed by atoms with Crippen LogP contribution in [0.4, 0.5) is 5.69 Å². The topological polar surface area (TPSA) is 34.7 Å². The van der Waals surface area contributed by atoms with E-state index in [1.165, 1.54) is 5.56 Å². The van der Waals surface area contributed by atoms with E-state index in [1.54, 1.807) is 7.11 Å². The summed E-state index contributed by atoms with van der Waals surface area (Å²) < 4.78 is 11.1. The van der Waals surface area contributed by atoms with Gasteiger partial charge in [-0.15, -0.1) is 0 Å². The third-order valence-electron chi connectivity index (χ3n) is 3.58. The van der Waals surface area contributed by atoms with Crippen molar-refractivity contribution in [3.8, 4) is 5.75 Å². The molecule has 0 fully saturated rings. The number of benzene rings is 2. The summed E-state index contributed by atoms with van der Waals surface area (Å²) in [6, 6.07) is 15.6. The van der Waals surface area contributed by atoms with Crippen LogP contribution < -0.4 is 10.3 Å². The summed E-state index contributed by atoms with van der Waals surface area (Å²) in [5.74, 6) is 0.793. The first kappa shape index (κ1) is 15.4. The molecule has 3 aromatic rings. The zero-order chi connectivity index (χ0) is 16.4. The van der Waals surface area contributed by atoms with Gasteiger partial charge in [-0.1, -0.05) is 23.8 Å². The van der Waals surface area contributed by atoms with Crippen molar-refractivity contribution in [2.75, 3.05) is 7.11 Å². The highest BCUT2D eigenvalue weighted by Crippen LogP contribution is 2.19. The lowest BCUT2D eigenvalue weighted by Crippen LogP contribution is -2.12. The van der Waals surface area contributed by atoms with E-state index in [4.69, 9.17) is 21.4 Å². The maximum absolute atomic E-state index is 5.98. The van der Waals surface area contributed by atoms with E-state index < -0.39 is 0 Å². The average Bonchev–Trinajstić information content (AvgIpc) is 2.55. The first-order valence-electron chi connectivity index (χ1n) is 7.31. The van der Waals surface area contributed by atoms with Crippen LogP contribution >= 0.6 is 12.2 Å². The minimum Gasteiger partial charge on any atom is -0.497 e. The number of fused-ring (bicyclic) bond motifs is 1. The number of aryl methyl sites for hydroxylation is 1. The summed E-state index contributed by atoms with van der Waals surface area (Å²) in [5, 5.41) is 1.03. The highest BCUT2D eigenvalue weighted by atomic mass is 32.1. The maximum Gasteiger partial charge on any atom is 0.228 e. The Kier molecular flexibility index (Phi) is 4.26. The number of rotatable bonds is 3. The Balaban J connectivity index is 2.21. The first-order chi connectivity index (χ1) is 11.1. The molecule has 2 aromatic carbocycles. The molecule has 4 heteroatoms. The first-order valence-corrected chi connectivity index (χ1v) is 7.72. The van der Waals surface area contributed by atoms with Crippen LogP contribution in [0.5, 0.6) is 5.75 Å². The molecule has 1 heterocycles. The Hall–Kier alpha value is -2.46. The zero-order valence-corrected chi connectivity index (χ0v) is 14.1. The van der Waals surface area contributed by atoms with Gasteiger partial charge in [-0.25, -0.2) is 4.99 Å². The Labute approximate surface area is 140 Å². The number of methoxy groups -OCH3 is 1. The van der Waals surface area contributed by atoms with Gasteiger partial charge in [-0.2, -0.15) is 0 Å². The number of hydrogen-bond acceptors (Lipinski definition) is 4. The van der Waals surface area contributed by atoms with Crippen molar-refractivity contribution >= 4 is 33.7 Å². The second kappa shape index (κ2) is 6.34. The highest BCUT2D eigenvalue weighted by molar-refractivity contribution is 7.80. The van der Waals surface area contributed by atoms with Gasteiger partial charge in [0.2, 0.25) is 5.55 Å². The minimum atomic E-state index is 0.527. The van der Waals surface area contributed by atoms with Crippen molar-refractivity contribution in [1.82, 2.24) is 0 Å².